The van der Waals surface area contributed by atoms with Crippen molar-refractivity contribution < 1.29 is 4.79 Å². The Hall–Kier alpha value is -2.04. The smallest absolute Gasteiger partial charge is 0.238 e. The predicted molar refractivity (Wildman–Crippen MR) is 97.6 cm³/mol. The normalized spacial score (nSPS) is 13.0. The van der Waals surface area contributed by atoms with Crippen LogP contribution in [0.25, 0.3) is 0 Å². The van der Waals surface area contributed by atoms with E-state index in [9.17, 15) is 4.79 Å². The molecule has 3 N–H and O–H groups in total. The average molecular weight is 332 g/mol. The fourth-order valence-corrected chi connectivity index (χ4v) is 2.24. The molecule has 5 heteroatoms. The van der Waals surface area contributed by atoms with Crippen molar-refractivity contribution in [3.8, 4) is 0 Å². The number of para-hydroxylation sites is 1. The lowest BCUT2D eigenvalue weighted by atomic mass is 10.2. The third-order valence-corrected chi connectivity index (χ3v) is 3.65. The lowest BCUT2D eigenvalue weighted by Gasteiger charge is -2.09. The number of carbonyl (C=O) groups excluding carboxylic acids is 1. The van der Waals surface area contributed by atoms with Crippen LogP contribution in [0, 0.1) is 5.92 Å². The second-order valence-corrected chi connectivity index (χ2v) is 5.69. The van der Waals surface area contributed by atoms with E-state index in [1.165, 1.54) is 12.8 Å². The molecule has 1 aliphatic carbocycles. The maximum atomic E-state index is 11.8. The summed E-state index contributed by atoms with van der Waals surface area (Å²) in [4.78, 5) is 11.8. The van der Waals surface area contributed by atoms with Gasteiger partial charge in [0.05, 0.1) is 6.54 Å². The van der Waals surface area contributed by atoms with Gasteiger partial charge in [-0.3, -0.25) is 4.79 Å². The van der Waals surface area contributed by atoms with E-state index in [-0.39, 0.29) is 18.3 Å². The molecule has 23 heavy (non-hydrogen) atoms. The number of anilines is 3. The molecular formula is C18H22ClN3O. The third-order valence-electron chi connectivity index (χ3n) is 3.65. The minimum Gasteiger partial charge on any atom is -0.356 e. The highest BCUT2D eigenvalue weighted by molar-refractivity contribution is 5.92. The van der Waals surface area contributed by atoms with E-state index >= 15 is 0 Å². The number of rotatable bonds is 7. The molecule has 0 spiro atoms. The van der Waals surface area contributed by atoms with Gasteiger partial charge in [-0.25, -0.2) is 0 Å². The number of nitrogens with one attached hydrogen (secondary N) is 3. The van der Waals surface area contributed by atoms with Gasteiger partial charge in [0.15, 0.2) is 0 Å². The fourth-order valence-electron chi connectivity index (χ4n) is 2.24. The zero-order chi connectivity index (χ0) is 15.2. The first kappa shape index (κ1) is 17.3. The molecule has 1 saturated carbocycles. The Balaban J connectivity index is 0.00000192. The van der Waals surface area contributed by atoms with E-state index < -0.39 is 0 Å². The molecule has 1 amide bonds. The summed E-state index contributed by atoms with van der Waals surface area (Å²) in [5, 5.41) is 9.40. The molecule has 2 aromatic carbocycles. The molecular weight excluding hydrogens is 310 g/mol. The Morgan fingerprint density at radius 3 is 2.17 bits per heavy atom. The van der Waals surface area contributed by atoms with Gasteiger partial charge in [0.2, 0.25) is 5.91 Å². The summed E-state index contributed by atoms with van der Waals surface area (Å²) in [6, 6.07) is 17.7. The molecule has 0 radical (unpaired) electrons. The van der Waals surface area contributed by atoms with Gasteiger partial charge in [-0.2, -0.15) is 0 Å². The minimum atomic E-state index is 0. The molecule has 0 aromatic heterocycles. The molecule has 0 saturated heterocycles. The summed E-state index contributed by atoms with van der Waals surface area (Å²) in [5.74, 6) is 0.792. The molecule has 3 rings (SSSR count). The summed E-state index contributed by atoms with van der Waals surface area (Å²) in [5.41, 5.74) is 2.86. The number of hydrogen-bond donors (Lipinski definition) is 3. The second-order valence-electron chi connectivity index (χ2n) is 5.69. The van der Waals surface area contributed by atoms with Crippen LogP contribution in [0.5, 0.6) is 0 Å². The van der Waals surface area contributed by atoms with Crippen LogP contribution in [0.15, 0.2) is 54.6 Å². The summed E-state index contributed by atoms with van der Waals surface area (Å²) < 4.78 is 0. The van der Waals surface area contributed by atoms with E-state index in [1.807, 2.05) is 54.6 Å². The van der Waals surface area contributed by atoms with Gasteiger partial charge in [-0.1, -0.05) is 18.2 Å². The Morgan fingerprint density at radius 1 is 0.913 bits per heavy atom. The Labute approximate surface area is 143 Å². The monoisotopic (exact) mass is 331 g/mol. The van der Waals surface area contributed by atoms with Gasteiger partial charge < -0.3 is 16.0 Å². The van der Waals surface area contributed by atoms with Gasteiger partial charge in [0.25, 0.3) is 0 Å². The topological polar surface area (TPSA) is 53.2 Å². The quantitative estimate of drug-likeness (QED) is 0.723. The van der Waals surface area contributed by atoms with E-state index in [0.29, 0.717) is 6.54 Å². The van der Waals surface area contributed by atoms with Crippen molar-refractivity contribution in [3.05, 3.63) is 54.6 Å². The molecule has 0 atom stereocenters. The van der Waals surface area contributed by atoms with Gasteiger partial charge in [0.1, 0.15) is 0 Å². The minimum absolute atomic E-state index is 0. The number of carbonyl (C=O) groups is 1. The van der Waals surface area contributed by atoms with Crippen molar-refractivity contribution >= 4 is 35.4 Å². The maximum Gasteiger partial charge on any atom is 0.238 e. The highest BCUT2D eigenvalue weighted by atomic mass is 35.5. The molecule has 0 heterocycles. The summed E-state index contributed by atoms with van der Waals surface area (Å²) in [7, 11) is 0. The Kier molecular flexibility index (Phi) is 6.44. The number of hydrogen-bond acceptors (Lipinski definition) is 3. The summed E-state index contributed by atoms with van der Waals surface area (Å²) >= 11 is 0. The highest BCUT2D eigenvalue weighted by Crippen LogP contribution is 2.27. The molecule has 0 bridgehead atoms. The van der Waals surface area contributed by atoms with Crippen molar-refractivity contribution in [1.29, 1.82) is 0 Å². The van der Waals surface area contributed by atoms with Gasteiger partial charge in [-0.05, 0) is 61.7 Å². The van der Waals surface area contributed by atoms with E-state index in [0.717, 1.165) is 29.5 Å². The SMILES string of the molecule is Cl.O=C(CNCC1CC1)Nc1ccc(Nc2ccccc2)cc1. The van der Waals surface area contributed by atoms with Crippen LogP contribution in [-0.2, 0) is 4.79 Å². The molecule has 0 unspecified atom stereocenters. The fraction of sp³-hybridized carbons (Fsp3) is 0.278. The average Bonchev–Trinajstić information content (AvgIpc) is 3.35. The van der Waals surface area contributed by atoms with Crippen LogP contribution in [0.3, 0.4) is 0 Å². The van der Waals surface area contributed by atoms with Crippen molar-refractivity contribution in [3.63, 3.8) is 0 Å². The van der Waals surface area contributed by atoms with Gasteiger partial charge in [-0.15, -0.1) is 12.4 Å². The Bertz CT molecular complexity index is 612. The van der Waals surface area contributed by atoms with Crippen molar-refractivity contribution in [1.82, 2.24) is 5.32 Å². The van der Waals surface area contributed by atoms with Gasteiger partial charge in [0, 0.05) is 17.1 Å². The highest BCUT2D eigenvalue weighted by Gasteiger charge is 2.20. The predicted octanol–water partition coefficient (Wildman–Crippen LogP) is 3.79. The van der Waals surface area contributed by atoms with Crippen LogP contribution in [-0.4, -0.2) is 19.0 Å². The number of benzene rings is 2. The van der Waals surface area contributed by atoms with Crippen LogP contribution < -0.4 is 16.0 Å². The van der Waals surface area contributed by atoms with Crippen LogP contribution in [0.4, 0.5) is 17.1 Å². The molecule has 4 nitrogen and oxygen atoms in total. The van der Waals surface area contributed by atoms with E-state index in [2.05, 4.69) is 16.0 Å². The van der Waals surface area contributed by atoms with Crippen molar-refractivity contribution in [2.24, 2.45) is 5.92 Å². The molecule has 1 fully saturated rings. The summed E-state index contributed by atoms with van der Waals surface area (Å²) in [6.07, 6.45) is 2.59. The van der Waals surface area contributed by atoms with Crippen LogP contribution >= 0.6 is 12.4 Å². The van der Waals surface area contributed by atoms with Gasteiger partial charge >= 0.3 is 0 Å². The van der Waals surface area contributed by atoms with Crippen molar-refractivity contribution in [2.45, 2.75) is 12.8 Å². The first-order valence-corrected chi connectivity index (χ1v) is 7.72. The second kappa shape index (κ2) is 8.56. The third kappa shape index (κ3) is 5.93. The Morgan fingerprint density at radius 2 is 1.52 bits per heavy atom. The maximum absolute atomic E-state index is 11.8. The zero-order valence-corrected chi connectivity index (χ0v) is 13.7. The molecule has 2 aromatic rings. The van der Waals surface area contributed by atoms with E-state index in [4.69, 9.17) is 0 Å². The standard InChI is InChI=1S/C18H21N3O.ClH/c22-18(13-19-12-14-6-7-14)21-17-10-8-16(9-11-17)20-15-4-2-1-3-5-15;/h1-5,8-11,14,19-20H,6-7,12-13H2,(H,21,22);1H. The number of amides is 1. The zero-order valence-electron chi connectivity index (χ0n) is 12.9. The van der Waals surface area contributed by atoms with E-state index in [1.54, 1.807) is 0 Å². The molecule has 1 aliphatic rings. The lowest BCUT2D eigenvalue weighted by molar-refractivity contribution is -0.115. The first-order valence-electron chi connectivity index (χ1n) is 7.72. The van der Waals surface area contributed by atoms with Crippen molar-refractivity contribution in [2.75, 3.05) is 23.7 Å². The van der Waals surface area contributed by atoms with Crippen LogP contribution in [0.1, 0.15) is 12.8 Å². The largest absolute Gasteiger partial charge is 0.356 e. The lowest BCUT2D eigenvalue weighted by Crippen LogP contribution is -2.29. The van der Waals surface area contributed by atoms with Crippen LogP contribution in [0.2, 0.25) is 0 Å². The number of halogens is 1. The first-order chi connectivity index (χ1) is 10.8. The summed E-state index contributed by atoms with van der Waals surface area (Å²) in [6.45, 7) is 1.33. The molecule has 0 aliphatic heterocycles. The molecule has 122 valence electrons.